The van der Waals surface area contributed by atoms with E-state index in [1.807, 2.05) is 0 Å². The summed E-state index contributed by atoms with van der Waals surface area (Å²) in [4.78, 5) is 0. The predicted molar refractivity (Wildman–Crippen MR) is 109 cm³/mol. The molecule has 0 aliphatic carbocycles. The molecule has 0 aromatic heterocycles. The first-order valence-electron chi connectivity index (χ1n) is 9.35. The first kappa shape index (κ1) is 19.7. The van der Waals surface area contributed by atoms with Gasteiger partial charge >= 0.3 is 0 Å². The van der Waals surface area contributed by atoms with Gasteiger partial charge in [0.25, 0.3) is 0 Å². The van der Waals surface area contributed by atoms with Crippen LogP contribution in [-0.4, -0.2) is 17.6 Å². The third kappa shape index (κ3) is 7.85. The Kier molecular flexibility index (Phi) is 6.80. The van der Waals surface area contributed by atoms with Gasteiger partial charge in [-0.15, -0.1) is 0 Å². The van der Waals surface area contributed by atoms with Crippen LogP contribution in [0.2, 0.25) is 0 Å². The maximum atomic E-state index is 3.68. The summed E-state index contributed by atoms with van der Waals surface area (Å²) in [6, 6.07) is 19.7. The molecule has 2 nitrogen and oxygen atoms in total. The van der Waals surface area contributed by atoms with Crippen LogP contribution in [0.15, 0.2) is 54.6 Å². The lowest BCUT2D eigenvalue weighted by atomic mass is 9.93. The van der Waals surface area contributed by atoms with Crippen LogP contribution in [0.5, 0.6) is 0 Å². The van der Waals surface area contributed by atoms with Crippen molar-refractivity contribution < 1.29 is 0 Å². The van der Waals surface area contributed by atoms with E-state index in [0.717, 1.165) is 25.9 Å². The smallest absolute Gasteiger partial charge is 0.0210 e. The van der Waals surface area contributed by atoms with Crippen LogP contribution in [0.25, 0.3) is 0 Å². The van der Waals surface area contributed by atoms with Crippen LogP contribution < -0.4 is 10.6 Å². The molecule has 2 rings (SSSR count). The molecular formula is C23H34N2. The van der Waals surface area contributed by atoms with Crippen molar-refractivity contribution in [3.63, 3.8) is 0 Å². The fraction of sp³-hybridized carbons (Fsp3) is 0.478. The predicted octanol–water partition coefficient (Wildman–Crippen LogP) is 4.73. The first-order chi connectivity index (χ1) is 11.7. The summed E-state index contributed by atoms with van der Waals surface area (Å²) >= 11 is 0. The summed E-state index contributed by atoms with van der Waals surface area (Å²) in [7, 11) is 0. The number of hydrogen-bond acceptors (Lipinski definition) is 2. The molecule has 2 aromatic rings. The molecule has 0 spiro atoms. The summed E-state index contributed by atoms with van der Waals surface area (Å²) in [5, 5.41) is 7.22. The minimum atomic E-state index is 0.0746. The van der Waals surface area contributed by atoms with Gasteiger partial charge in [-0.1, -0.05) is 54.6 Å². The highest BCUT2D eigenvalue weighted by molar-refractivity contribution is 5.24. The average molecular weight is 339 g/mol. The zero-order valence-corrected chi connectivity index (χ0v) is 16.5. The molecule has 0 aliphatic rings. The monoisotopic (exact) mass is 338 g/mol. The summed E-state index contributed by atoms with van der Waals surface area (Å²) in [6.45, 7) is 13.1. The lowest BCUT2D eigenvalue weighted by molar-refractivity contribution is 0.384. The Bertz CT molecular complexity index is 621. The van der Waals surface area contributed by atoms with Crippen LogP contribution in [0.4, 0.5) is 0 Å². The van der Waals surface area contributed by atoms with Crippen molar-refractivity contribution >= 4 is 0 Å². The number of hydrogen-bond donors (Lipinski definition) is 2. The van der Waals surface area contributed by atoms with Gasteiger partial charge in [-0.2, -0.15) is 0 Å². The van der Waals surface area contributed by atoms with Crippen LogP contribution in [0.1, 0.15) is 51.3 Å². The molecule has 136 valence electrons. The van der Waals surface area contributed by atoms with Gasteiger partial charge in [0, 0.05) is 17.6 Å². The molecule has 0 unspecified atom stereocenters. The molecule has 25 heavy (non-hydrogen) atoms. The Morgan fingerprint density at radius 2 is 1.28 bits per heavy atom. The summed E-state index contributed by atoms with van der Waals surface area (Å²) in [5.41, 5.74) is 4.38. The van der Waals surface area contributed by atoms with Gasteiger partial charge in [-0.3, -0.25) is 0 Å². The summed E-state index contributed by atoms with van der Waals surface area (Å²) < 4.78 is 0. The van der Waals surface area contributed by atoms with E-state index in [4.69, 9.17) is 0 Å². The Morgan fingerprint density at radius 1 is 0.680 bits per heavy atom. The lowest BCUT2D eigenvalue weighted by Crippen LogP contribution is -2.40. The molecule has 0 radical (unpaired) electrons. The first-order valence-corrected chi connectivity index (χ1v) is 9.35. The molecule has 0 saturated heterocycles. The van der Waals surface area contributed by atoms with E-state index in [0.29, 0.717) is 0 Å². The third-order valence-electron chi connectivity index (χ3n) is 4.35. The van der Waals surface area contributed by atoms with Crippen molar-refractivity contribution in [3.8, 4) is 0 Å². The van der Waals surface area contributed by atoms with Crippen molar-refractivity contribution in [1.29, 1.82) is 0 Å². The summed E-state index contributed by atoms with van der Waals surface area (Å²) in [6.07, 6.45) is 2.10. The quantitative estimate of drug-likeness (QED) is 0.727. The second-order valence-electron chi connectivity index (χ2n) is 8.64. The van der Waals surface area contributed by atoms with Crippen molar-refractivity contribution in [3.05, 3.63) is 71.3 Å². The fourth-order valence-electron chi connectivity index (χ4n) is 2.92. The van der Waals surface area contributed by atoms with Crippen LogP contribution in [-0.2, 0) is 19.4 Å². The molecule has 0 amide bonds. The molecule has 2 aromatic carbocycles. The average Bonchev–Trinajstić information content (AvgIpc) is 2.54. The van der Waals surface area contributed by atoms with E-state index in [1.54, 1.807) is 0 Å². The normalized spacial score (nSPS) is 12.4. The largest absolute Gasteiger partial charge is 0.312 e. The van der Waals surface area contributed by atoms with Gasteiger partial charge in [0.2, 0.25) is 0 Å². The Morgan fingerprint density at radius 3 is 1.88 bits per heavy atom. The van der Waals surface area contributed by atoms with Gasteiger partial charge in [0.1, 0.15) is 0 Å². The van der Waals surface area contributed by atoms with Crippen molar-refractivity contribution in [2.45, 2.75) is 65.1 Å². The molecule has 0 heterocycles. The van der Waals surface area contributed by atoms with Crippen molar-refractivity contribution in [2.24, 2.45) is 0 Å². The van der Waals surface area contributed by atoms with Gasteiger partial charge in [-0.25, -0.2) is 0 Å². The topological polar surface area (TPSA) is 24.1 Å². The van der Waals surface area contributed by atoms with E-state index in [9.17, 15) is 0 Å². The Hall–Kier alpha value is -1.64. The molecule has 2 N–H and O–H groups in total. The highest BCUT2D eigenvalue weighted by Gasteiger charge is 2.17. The zero-order valence-electron chi connectivity index (χ0n) is 16.5. The standard InChI is InChI=1S/C23H34N2/c1-22(2,3)24-16-15-19-11-13-20(14-12-19)17-23(4,5)25-18-21-9-7-6-8-10-21/h6-14,24-25H,15-18H2,1-5H3. The minimum absolute atomic E-state index is 0.0746. The molecule has 2 heteroatoms. The summed E-state index contributed by atoms with van der Waals surface area (Å²) in [5.74, 6) is 0. The molecule has 0 saturated carbocycles. The second-order valence-corrected chi connectivity index (χ2v) is 8.64. The van der Waals surface area contributed by atoms with Crippen LogP contribution >= 0.6 is 0 Å². The van der Waals surface area contributed by atoms with Crippen LogP contribution in [0, 0.1) is 0 Å². The van der Waals surface area contributed by atoms with E-state index in [1.165, 1.54) is 16.7 Å². The molecule has 0 fully saturated rings. The molecular weight excluding hydrogens is 304 g/mol. The SMILES string of the molecule is CC(C)(C)NCCc1ccc(CC(C)(C)NCc2ccccc2)cc1. The highest BCUT2D eigenvalue weighted by atomic mass is 14.9. The zero-order chi connectivity index (χ0) is 18.3. The highest BCUT2D eigenvalue weighted by Crippen LogP contribution is 2.15. The minimum Gasteiger partial charge on any atom is -0.312 e. The number of benzene rings is 2. The fourth-order valence-corrected chi connectivity index (χ4v) is 2.92. The van der Waals surface area contributed by atoms with Gasteiger partial charge < -0.3 is 10.6 Å². The van der Waals surface area contributed by atoms with Gasteiger partial charge in [0.15, 0.2) is 0 Å². The Labute approximate surface area is 154 Å². The van der Waals surface area contributed by atoms with Crippen LogP contribution in [0.3, 0.4) is 0 Å². The second kappa shape index (κ2) is 8.64. The lowest BCUT2D eigenvalue weighted by Gasteiger charge is -2.27. The molecule has 0 bridgehead atoms. The van der Waals surface area contributed by atoms with Gasteiger partial charge in [-0.05, 0) is 70.7 Å². The maximum absolute atomic E-state index is 3.68. The molecule has 0 aliphatic heterocycles. The third-order valence-corrected chi connectivity index (χ3v) is 4.35. The van der Waals surface area contributed by atoms with E-state index < -0.39 is 0 Å². The van der Waals surface area contributed by atoms with E-state index in [-0.39, 0.29) is 11.1 Å². The van der Waals surface area contributed by atoms with Crippen molar-refractivity contribution in [1.82, 2.24) is 10.6 Å². The molecule has 0 atom stereocenters. The van der Waals surface area contributed by atoms with E-state index in [2.05, 4.69) is 99.8 Å². The number of nitrogens with one attached hydrogen (secondary N) is 2. The van der Waals surface area contributed by atoms with Gasteiger partial charge in [0.05, 0.1) is 0 Å². The Balaban J connectivity index is 1.82. The van der Waals surface area contributed by atoms with Crippen molar-refractivity contribution in [2.75, 3.05) is 6.54 Å². The maximum Gasteiger partial charge on any atom is 0.0210 e. The number of rotatable bonds is 8. The van der Waals surface area contributed by atoms with E-state index >= 15 is 0 Å².